The monoisotopic (exact) mass is 442 g/mol. The van der Waals surface area contributed by atoms with Crippen molar-refractivity contribution < 1.29 is 9.59 Å². The van der Waals surface area contributed by atoms with E-state index in [0.717, 1.165) is 32.1 Å². The number of carbonyl (C=O) groups is 2. The summed E-state index contributed by atoms with van der Waals surface area (Å²) >= 11 is 13.8. The van der Waals surface area contributed by atoms with Crippen molar-refractivity contribution in [3.05, 3.63) is 33.8 Å². The van der Waals surface area contributed by atoms with Crippen molar-refractivity contribution in [2.45, 2.75) is 69.8 Å². The summed E-state index contributed by atoms with van der Waals surface area (Å²) in [5.41, 5.74) is 0.473. The lowest BCUT2D eigenvalue weighted by Gasteiger charge is -2.31. The van der Waals surface area contributed by atoms with Crippen molar-refractivity contribution in [2.24, 2.45) is 5.92 Å². The molecule has 0 bridgehead atoms. The van der Waals surface area contributed by atoms with Crippen LogP contribution in [0.2, 0.25) is 10.0 Å². The number of hydrogen-bond donors (Lipinski definition) is 1. The first kappa shape index (κ1) is 21.8. The summed E-state index contributed by atoms with van der Waals surface area (Å²) in [6.45, 7) is 4.27. The van der Waals surface area contributed by atoms with Crippen LogP contribution < -0.4 is 5.32 Å². The smallest absolute Gasteiger partial charge is 0.255 e. The minimum absolute atomic E-state index is 0.0101. The molecular formula is C21H28Cl2N2O2S. The number of benzene rings is 1. The summed E-state index contributed by atoms with van der Waals surface area (Å²) in [7, 11) is 0. The molecule has 1 aliphatic carbocycles. The molecule has 1 saturated heterocycles. The minimum atomic E-state index is -0.447. The molecule has 1 aliphatic heterocycles. The van der Waals surface area contributed by atoms with Gasteiger partial charge in [-0.25, -0.2) is 0 Å². The van der Waals surface area contributed by atoms with Crippen molar-refractivity contribution in [2.75, 3.05) is 5.75 Å². The van der Waals surface area contributed by atoms with Gasteiger partial charge in [-0.15, -0.1) is 11.8 Å². The molecular weight excluding hydrogens is 415 g/mol. The zero-order valence-corrected chi connectivity index (χ0v) is 18.7. The van der Waals surface area contributed by atoms with Gasteiger partial charge in [-0.1, -0.05) is 56.3 Å². The zero-order chi connectivity index (χ0) is 20.3. The number of rotatable bonds is 5. The third-order valence-electron chi connectivity index (χ3n) is 5.42. The fraction of sp³-hybridized carbons (Fsp3) is 0.619. The fourth-order valence-electron chi connectivity index (χ4n) is 3.95. The second-order valence-electron chi connectivity index (χ2n) is 8.12. The van der Waals surface area contributed by atoms with Gasteiger partial charge in [-0.3, -0.25) is 9.59 Å². The second-order valence-corrected chi connectivity index (χ2v) is 10.1. The molecule has 3 rings (SSSR count). The van der Waals surface area contributed by atoms with Gasteiger partial charge in [0, 0.05) is 17.4 Å². The predicted octanol–water partition coefficient (Wildman–Crippen LogP) is 5.37. The molecule has 4 nitrogen and oxygen atoms in total. The average molecular weight is 443 g/mol. The molecule has 1 aromatic carbocycles. The molecule has 1 saturated carbocycles. The minimum Gasteiger partial charge on any atom is -0.352 e. The van der Waals surface area contributed by atoms with E-state index in [1.54, 1.807) is 34.9 Å². The van der Waals surface area contributed by atoms with Crippen LogP contribution in [-0.4, -0.2) is 39.9 Å². The topological polar surface area (TPSA) is 49.4 Å². The molecule has 0 aromatic heterocycles. The Hall–Kier alpha value is -0.910. The van der Waals surface area contributed by atoms with Crippen molar-refractivity contribution in [3.8, 4) is 0 Å². The van der Waals surface area contributed by atoms with Crippen LogP contribution >= 0.6 is 35.0 Å². The van der Waals surface area contributed by atoms with Gasteiger partial charge in [0.05, 0.1) is 15.4 Å². The van der Waals surface area contributed by atoms with Gasteiger partial charge in [-0.2, -0.15) is 0 Å². The maximum atomic E-state index is 13.3. The SMILES string of the molecule is CC(C)CC1SCC(C(=O)NC2CCCCC2)N1C(=O)c1ccc(Cl)c(Cl)c1. The normalized spacial score (nSPS) is 23.2. The van der Waals surface area contributed by atoms with Crippen LogP contribution in [0.5, 0.6) is 0 Å². The standard InChI is InChI=1S/C21H28Cl2N2O2S/c1-13(2)10-19-25(21(27)14-8-9-16(22)17(23)11-14)18(12-28-19)20(26)24-15-6-4-3-5-7-15/h8-9,11,13,15,18-19H,3-7,10,12H2,1-2H3,(H,24,26). The highest BCUT2D eigenvalue weighted by Crippen LogP contribution is 2.35. The molecule has 2 atom stereocenters. The van der Waals surface area contributed by atoms with Crippen LogP contribution in [0.4, 0.5) is 0 Å². The Morgan fingerprint density at radius 3 is 2.54 bits per heavy atom. The van der Waals surface area contributed by atoms with Gasteiger partial charge < -0.3 is 10.2 Å². The van der Waals surface area contributed by atoms with E-state index < -0.39 is 6.04 Å². The summed E-state index contributed by atoms with van der Waals surface area (Å²) < 4.78 is 0. The van der Waals surface area contributed by atoms with Crippen LogP contribution in [0.15, 0.2) is 18.2 Å². The van der Waals surface area contributed by atoms with Gasteiger partial charge in [0.2, 0.25) is 5.91 Å². The third-order valence-corrected chi connectivity index (χ3v) is 7.47. The van der Waals surface area contributed by atoms with Gasteiger partial charge in [0.1, 0.15) is 6.04 Å². The highest BCUT2D eigenvalue weighted by Gasteiger charge is 2.42. The second kappa shape index (κ2) is 9.73. The van der Waals surface area contributed by atoms with Crippen molar-refractivity contribution in [1.29, 1.82) is 0 Å². The number of nitrogens with zero attached hydrogens (tertiary/aromatic N) is 1. The van der Waals surface area contributed by atoms with Crippen molar-refractivity contribution >= 4 is 46.8 Å². The van der Waals surface area contributed by atoms with Gasteiger partial charge in [0.25, 0.3) is 5.91 Å². The first-order valence-corrected chi connectivity index (χ1v) is 11.9. The lowest BCUT2D eigenvalue weighted by Crippen LogP contribution is -2.52. The molecule has 1 heterocycles. The number of halogens is 2. The first-order chi connectivity index (χ1) is 13.4. The van der Waals surface area contributed by atoms with E-state index in [2.05, 4.69) is 19.2 Å². The molecule has 154 valence electrons. The molecule has 28 heavy (non-hydrogen) atoms. The van der Waals surface area contributed by atoms with E-state index in [0.29, 0.717) is 27.3 Å². The number of amides is 2. The maximum Gasteiger partial charge on any atom is 0.255 e. The number of carbonyl (C=O) groups excluding carboxylic acids is 2. The lowest BCUT2D eigenvalue weighted by molar-refractivity contribution is -0.125. The van der Waals surface area contributed by atoms with E-state index in [9.17, 15) is 9.59 Å². The average Bonchev–Trinajstić information content (AvgIpc) is 3.07. The fourth-order valence-corrected chi connectivity index (χ4v) is 5.88. The summed E-state index contributed by atoms with van der Waals surface area (Å²) in [6.07, 6.45) is 6.47. The maximum absolute atomic E-state index is 13.3. The van der Waals surface area contributed by atoms with Crippen molar-refractivity contribution in [3.63, 3.8) is 0 Å². The number of thioether (sulfide) groups is 1. The quantitative estimate of drug-likeness (QED) is 0.666. The van der Waals surface area contributed by atoms with E-state index in [4.69, 9.17) is 23.2 Å². The molecule has 2 unspecified atom stereocenters. The van der Waals surface area contributed by atoms with Crippen molar-refractivity contribution in [1.82, 2.24) is 10.2 Å². The van der Waals surface area contributed by atoms with Gasteiger partial charge in [-0.05, 0) is 43.4 Å². The molecule has 7 heteroatoms. The Balaban J connectivity index is 1.80. The summed E-state index contributed by atoms with van der Waals surface area (Å²) in [5, 5.41) is 3.95. The van der Waals surface area contributed by atoms with Gasteiger partial charge >= 0.3 is 0 Å². The predicted molar refractivity (Wildman–Crippen MR) is 117 cm³/mol. The molecule has 2 amide bonds. The highest BCUT2D eigenvalue weighted by atomic mass is 35.5. The first-order valence-electron chi connectivity index (χ1n) is 10.1. The Morgan fingerprint density at radius 2 is 1.89 bits per heavy atom. The Morgan fingerprint density at radius 1 is 1.18 bits per heavy atom. The molecule has 0 spiro atoms. The third kappa shape index (κ3) is 5.17. The summed E-state index contributed by atoms with van der Waals surface area (Å²) in [4.78, 5) is 28.2. The van der Waals surface area contributed by atoms with E-state index in [1.807, 2.05) is 0 Å². The molecule has 2 aliphatic rings. The molecule has 1 aromatic rings. The Kier molecular flexibility index (Phi) is 7.57. The Bertz CT molecular complexity index is 722. The van der Waals surface area contributed by atoms with E-state index >= 15 is 0 Å². The summed E-state index contributed by atoms with van der Waals surface area (Å²) in [6, 6.07) is 4.70. The van der Waals surface area contributed by atoms with Crippen LogP contribution in [-0.2, 0) is 4.79 Å². The molecule has 2 fully saturated rings. The number of hydrogen-bond acceptors (Lipinski definition) is 3. The molecule has 1 N–H and O–H groups in total. The van der Waals surface area contributed by atoms with E-state index in [-0.39, 0.29) is 23.2 Å². The highest BCUT2D eigenvalue weighted by molar-refractivity contribution is 8.00. The van der Waals surface area contributed by atoms with Crippen LogP contribution in [0, 0.1) is 5.92 Å². The lowest BCUT2D eigenvalue weighted by atomic mass is 9.95. The zero-order valence-electron chi connectivity index (χ0n) is 16.4. The van der Waals surface area contributed by atoms with Crippen LogP contribution in [0.3, 0.4) is 0 Å². The van der Waals surface area contributed by atoms with E-state index in [1.165, 1.54) is 6.42 Å². The summed E-state index contributed by atoms with van der Waals surface area (Å²) in [5.74, 6) is 0.877. The molecule has 0 radical (unpaired) electrons. The number of nitrogens with one attached hydrogen (secondary N) is 1. The van der Waals surface area contributed by atoms with Crippen LogP contribution in [0.1, 0.15) is 62.7 Å². The largest absolute Gasteiger partial charge is 0.352 e. The van der Waals surface area contributed by atoms with Gasteiger partial charge in [0.15, 0.2) is 0 Å². The van der Waals surface area contributed by atoms with Crippen LogP contribution in [0.25, 0.3) is 0 Å². The Labute approximate surface area is 181 Å².